The first-order valence-corrected chi connectivity index (χ1v) is 9.20. The normalized spacial score (nSPS) is 16.0. The highest BCUT2D eigenvalue weighted by atomic mass is 32.2. The minimum Gasteiger partial charge on any atom is -0.297 e. The highest BCUT2D eigenvalue weighted by molar-refractivity contribution is 7.99. The van der Waals surface area contributed by atoms with Gasteiger partial charge in [0, 0.05) is 42.3 Å². The van der Waals surface area contributed by atoms with E-state index in [1.165, 1.54) is 12.1 Å². The van der Waals surface area contributed by atoms with E-state index < -0.39 is 11.7 Å². The van der Waals surface area contributed by atoms with Crippen LogP contribution in [0.1, 0.15) is 27.0 Å². The number of ketones is 1. The summed E-state index contributed by atoms with van der Waals surface area (Å²) in [5.41, 5.74) is 0.998. The largest absolute Gasteiger partial charge is 0.416 e. The SMILES string of the molecule is O=C(c1ccc(C(F)(F)F)cc1)c1ccccc1CN1CCSCC1. The summed E-state index contributed by atoms with van der Waals surface area (Å²) < 4.78 is 38.0. The van der Waals surface area contributed by atoms with E-state index in [0.717, 1.165) is 42.3 Å². The van der Waals surface area contributed by atoms with E-state index in [4.69, 9.17) is 0 Å². The molecular formula is C19H18F3NOS. The lowest BCUT2D eigenvalue weighted by Gasteiger charge is -2.26. The highest BCUT2D eigenvalue weighted by Gasteiger charge is 2.30. The first kappa shape index (κ1) is 18.0. The van der Waals surface area contributed by atoms with Crippen LogP contribution in [0, 0.1) is 0 Å². The highest BCUT2D eigenvalue weighted by Crippen LogP contribution is 2.29. The summed E-state index contributed by atoms with van der Waals surface area (Å²) >= 11 is 1.92. The van der Waals surface area contributed by atoms with Crippen molar-refractivity contribution in [2.75, 3.05) is 24.6 Å². The zero-order valence-corrected chi connectivity index (χ0v) is 14.4. The van der Waals surface area contributed by atoms with Crippen LogP contribution in [0.15, 0.2) is 48.5 Å². The average Bonchev–Trinajstić information content (AvgIpc) is 2.62. The lowest BCUT2D eigenvalue weighted by molar-refractivity contribution is -0.137. The Labute approximate surface area is 149 Å². The van der Waals surface area contributed by atoms with Crippen molar-refractivity contribution < 1.29 is 18.0 Å². The Morgan fingerprint density at radius 3 is 2.28 bits per heavy atom. The third kappa shape index (κ3) is 4.44. The van der Waals surface area contributed by atoms with Gasteiger partial charge >= 0.3 is 6.18 Å². The maximum atomic E-state index is 12.8. The van der Waals surface area contributed by atoms with Crippen LogP contribution in [-0.2, 0) is 12.7 Å². The van der Waals surface area contributed by atoms with Gasteiger partial charge in [0.25, 0.3) is 0 Å². The van der Waals surface area contributed by atoms with Crippen molar-refractivity contribution in [3.63, 3.8) is 0 Å². The van der Waals surface area contributed by atoms with Crippen LogP contribution in [0.4, 0.5) is 13.2 Å². The molecule has 1 heterocycles. The fraction of sp³-hybridized carbons (Fsp3) is 0.316. The molecular weight excluding hydrogens is 347 g/mol. The summed E-state index contributed by atoms with van der Waals surface area (Å²) in [5.74, 6) is 1.92. The summed E-state index contributed by atoms with van der Waals surface area (Å²) in [6, 6.07) is 11.7. The van der Waals surface area contributed by atoms with Gasteiger partial charge in [0.05, 0.1) is 5.56 Å². The maximum Gasteiger partial charge on any atom is 0.416 e. The van der Waals surface area contributed by atoms with Crippen LogP contribution >= 0.6 is 11.8 Å². The predicted octanol–water partition coefficient (Wildman–Crippen LogP) is 4.49. The first-order chi connectivity index (χ1) is 11.9. The lowest BCUT2D eigenvalue weighted by Crippen LogP contribution is -2.32. The molecule has 2 nitrogen and oxygen atoms in total. The fourth-order valence-electron chi connectivity index (χ4n) is 2.85. The van der Waals surface area contributed by atoms with Gasteiger partial charge < -0.3 is 0 Å². The molecule has 1 saturated heterocycles. The van der Waals surface area contributed by atoms with Crippen LogP contribution in [0.5, 0.6) is 0 Å². The number of rotatable bonds is 4. The molecule has 25 heavy (non-hydrogen) atoms. The Balaban J connectivity index is 1.82. The lowest BCUT2D eigenvalue weighted by atomic mass is 9.97. The molecule has 0 bridgehead atoms. The summed E-state index contributed by atoms with van der Waals surface area (Å²) in [6.45, 7) is 2.64. The Hall–Kier alpha value is -1.79. The van der Waals surface area contributed by atoms with Crippen molar-refractivity contribution in [1.82, 2.24) is 4.90 Å². The van der Waals surface area contributed by atoms with Crippen molar-refractivity contribution in [3.8, 4) is 0 Å². The van der Waals surface area contributed by atoms with Gasteiger partial charge in [-0.3, -0.25) is 9.69 Å². The number of nitrogens with zero attached hydrogens (tertiary/aromatic N) is 1. The molecule has 0 aliphatic carbocycles. The molecule has 2 aromatic rings. The third-order valence-electron chi connectivity index (χ3n) is 4.23. The van der Waals surface area contributed by atoms with Gasteiger partial charge in [-0.15, -0.1) is 0 Å². The van der Waals surface area contributed by atoms with Crippen molar-refractivity contribution in [1.29, 1.82) is 0 Å². The van der Waals surface area contributed by atoms with Gasteiger partial charge in [-0.2, -0.15) is 24.9 Å². The Bertz CT molecular complexity index is 737. The quantitative estimate of drug-likeness (QED) is 0.745. The number of thioether (sulfide) groups is 1. The molecule has 0 radical (unpaired) electrons. The van der Waals surface area contributed by atoms with E-state index in [2.05, 4.69) is 4.90 Å². The average molecular weight is 365 g/mol. The Kier molecular flexibility index (Phi) is 5.49. The second-order valence-corrected chi connectivity index (χ2v) is 7.17. The third-order valence-corrected chi connectivity index (χ3v) is 5.18. The van der Waals surface area contributed by atoms with Gasteiger partial charge in [-0.1, -0.05) is 36.4 Å². The number of hydrogen-bond donors (Lipinski definition) is 0. The van der Waals surface area contributed by atoms with E-state index in [-0.39, 0.29) is 11.3 Å². The monoisotopic (exact) mass is 365 g/mol. The molecule has 1 aliphatic rings. The Morgan fingerprint density at radius 1 is 1.00 bits per heavy atom. The fourth-order valence-corrected chi connectivity index (χ4v) is 3.82. The smallest absolute Gasteiger partial charge is 0.297 e. The minimum absolute atomic E-state index is 0.240. The van der Waals surface area contributed by atoms with Crippen molar-refractivity contribution in [3.05, 3.63) is 70.8 Å². The summed E-state index contributed by atoms with van der Waals surface area (Å²) in [5, 5.41) is 0. The topological polar surface area (TPSA) is 20.3 Å². The van der Waals surface area contributed by atoms with Crippen LogP contribution in [0.3, 0.4) is 0 Å². The maximum absolute atomic E-state index is 12.8. The molecule has 1 fully saturated rings. The van der Waals surface area contributed by atoms with E-state index >= 15 is 0 Å². The van der Waals surface area contributed by atoms with Crippen molar-refractivity contribution in [2.24, 2.45) is 0 Å². The second kappa shape index (κ2) is 7.62. The number of alkyl halides is 3. The molecule has 132 valence electrons. The first-order valence-electron chi connectivity index (χ1n) is 8.05. The minimum atomic E-state index is -4.40. The van der Waals surface area contributed by atoms with Crippen LogP contribution in [0.2, 0.25) is 0 Å². The molecule has 0 saturated carbocycles. The van der Waals surface area contributed by atoms with Crippen LogP contribution in [-0.4, -0.2) is 35.3 Å². The van der Waals surface area contributed by atoms with Crippen molar-refractivity contribution in [2.45, 2.75) is 12.7 Å². The van der Waals surface area contributed by atoms with Crippen LogP contribution < -0.4 is 0 Å². The predicted molar refractivity (Wildman–Crippen MR) is 93.9 cm³/mol. The van der Waals surface area contributed by atoms with E-state index in [1.54, 1.807) is 12.1 Å². The molecule has 0 spiro atoms. The number of benzene rings is 2. The van der Waals surface area contributed by atoms with E-state index in [9.17, 15) is 18.0 Å². The number of halogens is 3. The van der Waals surface area contributed by atoms with Gasteiger partial charge in [0.15, 0.2) is 5.78 Å². The van der Waals surface area contributed by atoms with Gasteiger partial charge in [0.1, 0.15) is 0 Å². The molecule has 0 unspecified atom stereocenters. The summed E-state index contributed by atoms with van der Waals surface area (Å²) in [6.07, 6.45) is -4.40. The zero-order chi connectivity index (χ0) is 17.9. The number of carbonyl (C=O) groups excluding carboxylic acids is 1. The molecule has 1 aliphatic heterocycles. The standard InChI is InChI=1S/C19H18F3NOS/c20-19(21,22)16-7-5-14(6-8-16)18(24)17-4-2-1-3-15(17)13-23-9-11-25-12-10-23/h1-8H,9-13H2. The second-order valence-electron chi connectivity index (χ2n) is 5.95. The van der Waals surface area contributed by atoms with E-state index in [0.29, 0.717) is 12.1 Å². The number of hydrogen-bond acceptors (Lipinski definition) is 3. The van der Waals surface area contributed by atoms with Gasteiger partial charge in [-0.25, -0.2) is 0 Å². The summed E-state index contributed by atoms with van der Waals surface area (Å²) in [4.78, 5) is 15.1. The molecule has 2 aromatic carbocycles. The summed E-state index contributed by atoms with van der Waals surface area (Å²) in [7, 11) is 0. The van der Waals surface area contributed by atoms with Crippen LogP contribution in [0.25, 0.3) is 0 Å². The molecule has 0 atom stereocenters. The van der Waals surface area contributed by atoms with Gasteiger partial charge in [0.2, 0.25) is 0 Å². The number of carbonyl (C=O) groups is 1. The van der Waals surface area contributed by atoms with Crippen molar-refractivity contribution >= 4 is 17.5 Å². The van der Waals surface area contributed by atoms with E-state index in [1.807, 2.05) is 23.9 Å². The Morgan fingerprint density at radius 2 is 1.64 bits per heavy atom. The molecule has 0 aromatic heterocycles. The molecule has 6 heteroatoms. The zero-order valence-electron chi connectivity index (χ0n) is 13.6. The van der Waals surface area contributed by atoms with Gasteiger partial charge in [-0.05, 0) is 17.7 Å². The molecule has 0 amide bonds. The molecule has 3 rings (SSSR count). The molecule has 0 N–H and O–H groups in total.